The minimum Gasteiger partial charge on any atom is -0.151 e. The average Bonchev–Trinajstić information content (AvgIpc) is 2.06. The molecular weight excluding hydrogens is 178 g/mol. The van der Waals surface area contributed by atoms with E-state index in [-0.39, 0.29) is 0 Å². The van der Waals surface area contributed by atoms with Crippen molar-refractivity contribution in [3.05, 3.63) is 4.91 Å². The first-order chi connectivity index (χ1) is 6.24. The second-order valence-electron chi connectivity index (χ2n) is 4.04. The Labute approximate surface area is 83.1 Å². The van der Waals surface area contributed by atoms with E-state index in [1.165, 1.54) is 37.4 Å². The van der Waals surface area contributed by atoms with E-state index in [2.05, 4.69) is 25.9 Å². The van der Waals surface area contributed by atoms with Gasteiger partial charge in [-0.15, -0.1) is 0 Å². The first-order valence-electron chi connectivity index (χ1n) is 5.53. The molecule has 0 rings (SSSR count). The summed E-state index contributed by atoms with van der Waals surface area (Å²) in [7, 11) is -1.27. The van der Waals surface area contributed by atoms with Crippen molar-refractivity contribution in [3.63, 3.8) is 0 Å². The summed E-state index contributed by atoms with van der Waals surface area (Å²) in [5, 5.41) is 3.18. The summed E-state index contributed by atoms with van der Waals surface area (Å²) in [6.45, 7) is 6.66. The summed E-state index contributed by atoms with van der Waals surface area (Å²) in [5.41, 5.74) is 0. The Balaban J connectivity index is 4.27. The molecule has 0 unspecified atom stereocenters. The van der Waals surface area contributed by atoms with Gasteiger partial charge >= 0.3 is 0 Å². The molecule has 3 heteroatoms. The zero-order chi connectivity index (χ0) is 10.2. The fourth-order valence-electron chi connectivity index (χ4n) is 2.34. The summed E-state index contributed by atoms with van der Waals surface area (Å²) < 4.78 is 0. The molecule has 0 saturated heterocycles. The largest absolute Gasteiger partial charge is 0.151 e. The SMILES string of the molecule is CCC[Si](CCC)(CCC)CN=O. The summed E-state index contributed by atoms with van der Waals surface area (Å²) >= 11 is 0. The van der Waals surface area contributed by atoms with Crippen LogP contribution < -0.4 is 0 Å². The zero-order valence-electron chi connectivity index (χ0n) is 9.31. The first-order valence-corrected chi connectivity index (χ1v) is 8.36. The third kappa shape index (κ3) is 4.55. The van der Waals surface area contributed by atoms with Crippen molar-refractivity contribution in [2.45, 2.75) is 58.2 Å². The number of rotatable bonds is 8. The molecule has 0 aliphatic carbocycles. The van der Waals surface area contributed by atoms with E-state index in [1.54, 1.807) is 0 Å². The quantitative estimate of drug-likeness (QED) is 0.431. The van der Waals surface area contributed by atoms with Gasteiger partial charge in [0.1, 0.15) is 0 Å². The van der Waals surface area contributed by atoms with Crippen LogP contribution in [-0.4, -0.2) is 14.2 Å². The second kappa shape index (κ2) is 7.24. The minimum atomic E-state index is -1.27. The molecule has 0 aromatic carbocycles. The molecule has 0 amide bonds. The summed E-state index contributed by atoms with van der Waals surface area (Å²) in [4.78, 5) is 10.4. The van der Waals surface area contributed by atoms with Crippen LogP contribution in [0.3, 0.4) is 0 Å². The Morgan fingerprint density at radius 2 is 1.31 bits per heavy atom. The van der Waals surface area contributed by atoms with Gasteiger partial charge in [-0.2, -0.15) is 4.91 Å². The van der Waals surface area contributed by atoms with Gasteiger partial charge in [-0.1, -0.05) is 63.3 Å². The van der Waals surface area contributed by atoms with Gasteiger partial charge in [0.2, 0.25) is 0 Å². The highest BCUT2D eigenvalue weighted by molar-refractivity contribution is 6.80. The Kier molecular flexibility index (Phi) is 7.14. The van der Waals surface area contributed by atoms with Crippen molar-refractivity contribution in [2.75, 3.05) is 6.17 Å². The molecule has 0 radical (unpaired) electrons. The summed E-state index contributed by atoms with van der Waals surface area (Å²) in [6.07, 6.45) is 4.33. The highest BCUT2D eigenvalue weighted by Crippen LogP contribution is 2.26. The molecule has 0 heterocycles. The maximum Gasteiger partial charge on any atom is 0.0829 e. The molecule has 0 saturated carbocycles. The third-order valence-electron chi connectivity index (χ3n) is 2.74. The van der Waals surface area contributed by atoms with E-state index in [9.17, 15) is 4.91 Å². The van der Waals surface area contributed by atoms with Crippen LogP contribution in [-0.2, 0) is 0 Å². The first kappa shape index (κ1) is 12.8. The van der Waals surface area contributed by atoms with Gasteiger partial charge in [0, 0.05) is 0 Å². The third-order valence-corrected chi connectivity index (χ3v) is 8.22. The lowest BCUT2D eigenvalue weighted by atomic mass is 10.5. The zero-order valence-corrected chi connectivity index (χ0v) is 10.3. The Morgan fingerprint density at radius 1 is 0.923 bits per heavy atom. The maximum atomic E-state index is 10.4. The summed E-state index contributed by atoms with van der Waals surface area (Å²) in [5.74, 6) is 0. The molecule has 0 aliphatic rings. The average molecular weight is 201 g/mol. The van der Waals surface area contributed by atoms with Gasteiger partial charge < -0.3 is 0 Å². The van der Waals surface area contributed by atoms with Crippen LogP contribution in [0.4, 0.5) is 0 Å². The maximum absolute atomic E-state index is 10.4. The number of nitroso groups, excluding NO2 is 1. The van der Waals surface area contributed by atoms with Crippen LogP contribution in [0.15, 0.2) is 5.18 Å². The van der Waals surface area contributed by atoms with Crippen LogP contribution in [0.25, 0.3) is 0 Å². The molecule has 2 nitrogen and oxygen atoms in total. The highest BCUT2D eigenvalue weighted by atomic mass is 28.3. The van der Waals surface area contributed by atoms with E-state index in [0.717, 1.165) is 0 Å². The molecule has 78 valence electrons. The van der Waals surface area contributed by atoms with Crippen molar-refractivity contribution in [1.29, 1.82) is 0 Å². The van der Waals surface area contributed by atoms with E-state index in [4.69, 9.17) is 0 Å². The van der Waals surface area contributed by atoms with Gasteiger partial charge in [0.25, 0.3) is 0 Å². The molecule has 0 fully saturated rings. The minimum absolute atomic E-state index is 0.655. The monoisotopic (exact) mass is 201 g/mol. The van der Waals surface area contributed by atoms with E-state index in [1.807, 2.05) is 0 Å². The van der Waals surface area contributed by atoms with Gasteiger partial charge in [-0.05, 0) is 0 Å². The van der Waals surface area contributed by atoms with Gasteiger partial charge in [0.05, 0.1) is 14.2 Å². The topological polar surface area (TPSA) is 29.4 Å². The molecule has 0 aliphatic heterocycles. The Morgan fingerprint density at radius 3 is 1.54 bits per heavy atom. The summed E-state index contributed by atoms with van der Waals surface area (Å²) in [6, 6.07) is 3.88. The number of hydrogen-bond donors (Lipinski definition) is 0. The van der Waals surface area contributed by atoms with E-state index < -0.39 is 8.07 Å². The lowest BCUT2D eigenvalue weighted by Gasteiger charge is -2.27. The molecule has 0 N–H and O–H groups in total. The smallest absolute Gasteiger partial charge is 0.0829 e. The van der Waals surface area contributed by atoms with Crippen LogP contribution in [0, 0.1) is 4.91 Å². The Hall–Kier alpha value is -0.183. The normalized spacial score (nSPS) is 11.6. The van der Waals surface area contributed by atoms with Crippen LogP contribution >= 0.6 is 0 Å². The fraction of sp³-hybridized carbons (Fsp3) is 1.00. The number of hydrogen-bond acceptors (Lipinski definition) is 2. The van der Waals surface area contributed by atoms with Crippen molar-refractivity contribution < 1.29 is 0 Å². The molecule has 13 heavy (non-hydrogen) atoms. The molecular formula is C10H23NOSi. The van der Waals surface area contributed by atoms with Gasteiger partial charge in [0.15, 0.2) is 0 Å². The molecule has 0 bridgehead atoms. The lowest BCUT2D eigenvalue weighted by Crippen LogP contribution is -2.37. The lowest BCUT2D eigenvalue weighted by molar-refractivity contribution is 0.905. The van der Waals surface area contributed by atoms with Crippen LogP contribution in [0.1, 0.15) is 40.0 Å². The van der Waals surface area contributed by atoms with Gasteiger partial charge in [-0.25, -0.2) is 0 Å². The van der Waals surface area contributed by atoms with Crippen molar-refractivity contribution in [2.24, 2.45) is 5.18 Å². The van der Waals surface area contributed by atoms with Crippen LogP contribution in [0.2, 0.25) is 18.1 Å². The van der Waals surface area contributed by atoms with E-state index >= 15 is 0 Å². The fourth-order valence-corrected chi connectivity index (χ4v) is 7.02. The molecule has 0 atom stereocenters. The van der Waals surface area contributed by atoms with Crippen molar-refractivity contribution >= 4 is 8.07 Å². The van der Waals surface area contributed by atoms with Crippen molar-refractivity contribution in [1.82, 2.24) is 0 Å². The predicted molar refractivity (Wildman–Crippen MR) is 61.7 cm³/mol. The second-order valence-corrected chi connectivity index (χ2v) is 8.85. The number of nitrogens with zero attached hydrogens (tertiary/aromatic N) is 1. The molecule has 0 aromatic heterocycles. The standard InChI is InChI=1S/C10H23NOSi/c1-4-7-13(8-5-2,9-6-3)10-11-12/h4-10H2,1-3H3. The predicted octanol–water partition coefficient (Wildman–Crippen LogP) is 3.97. The van der Waals surface area contributed by atoms with Crippen molar-refractivity contribution in [3.8, 4) is 0 Å². The highest BCUT2D eigenvalue weighted by Gasteiger charge is 2.30. The molecule has 0 aromatic rings. The Bertz CT molecular complexity index is 122. The van der Waals surface area contributed by atoms with E-state index in [0.29, 0.717) is 6.17 Å². The molecule has 0 spiro atoms. The van der Waals surface area contributed by atoms with Gasteiger partial charge in [-0.3, -0.25) is 0 Å². The van der Waals surface area contributed by atoms with Crippen LogP contribution in [0.5, 0.6) is 0 Å².